The highest BCUT2D eigenvalue weighted by atomic mass is 15.4. The Labute approximate surface area is 97.7 Å². The molecule has 0 saturated heterocycles. The predicted molar refractivity (Wildman–Crippen MR) is 64.6 cm³/mol. The number of hydrogen-bond donors (Lipinski definition) is 2. The monoisotopic (exact) mass is 228 g/mol. The highest BCUT2D eigenvalue weighted by Crippen LogP contribution is 2.16. The molecular weight excluding hydrogens is 216 g/mol. The SMILES string of the molecule is Cc1ccc(C)n1Nc1ncnc2nc[nH]c12. The van der Waals surface area contributed by atoms with Crippen molar-refractivity contribution in [1.82, 2.24) is 24.6 Å². The van der Waals surface area contributed by atoms with Crippen LogP contribution in [0.5, 0.6) is 0 Å². The van der Waals surface area contributed by atoms with Gasteiger partial charge in [-0.1, -0.05) is 0 Å². The molecule has 3 aromatic rings. The summed E-state index contributed by atoms with van der Waals surface area (Å²) < 4.78 is 1.97. The summed E-state index contributed by atoms with van der Waals surface area (Å²) in [5, 5.41) is 0. The maximum atomic E-state index is 4.22. The van der Waals surface area contributed by atoms with Gasteiger partial charge >= 0.3 is 0 Å². The van der Waals surface area contributed by atoms with Gasteiger partial charge in [0.2, 0.25) is 0 Å². The first-order chi connectivity index (χ1) is 8.25. The lowest BCUT2D eigenvalue weighted by molar-refractivity contribution is 0.871. The van der Waals surface area contributed by atoms with Crippen molar-refractivity contribution in [2.24, 2.45) is 0 Å². The van der Waals surface area contributed by atoms with Crippen molar-refractivity contribution in [3.8, 4) is 0 Å². The van der Waals surface area contributed by atoms with Gasteiger partial charge in [-0.2, -0.15) is 0 Å². The molecule has 0 radical (unpaired) electrons. The standard InChI is InChI=1S/C11H12N6/c1-7-3-4-8(2)17(7)16-11-9-10(13-5-12-9)14-6-15-11/h3-6H,1-2H3,(H2,12,13,14,15,16). The molecule has 0 saturated carbocycles. The second-order valence-corrected chi connectivity index (χ2v) is 3.89. The molecule has 0 aromatic carbocycles. The molecule has 0 amide bonds. The minimum Gasteiger partial charge on any atom is -0.340 e. The van der Waals surface area contributed by atoms with Crippen LogP contribution in [0.15, 0.2) is 24.8 Å². The van der Waals surface area contributed by atoms with Crippen LogP contribution in [-0.2, 0) is 0 Å². The van der Waals surface area contributed by atoms with E-state index in [2.05, 4.69) is 25.4 Å². The Morgan fingerprint density at radius 3 is 2.65 bits per heavy atom. The molecule has 0 spiro atoms. The van der Waals surface area contributed by atoms with Crippen molar-refractivity contribution in [1.29, 1.82) is 0 Å². The Balaban J connectivity index is 2.08. The summed E-state index contributed by atoms with van der Waals surface area (Å²) in [6.07, 6.45) is 3.11. The third-order valence-electron chi connectivity index (χ3n) is 2.71. The van der Waals surface area contributed by atoms with Crippen LogP contribution in [0.25, 0.3) is 11.2 Å². The Hall–Kier alpha value is -2.37. The van der Waals surface area contributed by atoms with E-state index < -0.39 is 0 Å². The van der Waals surface area contributed by atoms with Crippen LogP contribution in [0.1, 0.15) is 11.4 Å². The van der Waals surface area contributed by atoms with Gasteiger partial charge in [0.05, 0.1) is 6.33 Å². The minimum absolute atomic E-state index is 0.657. The number of aryl methyl sites for hydroxylation is 2. The third-order valence-corrected chi connectivity index (χ3v) is 2.71. The fourth-order valence-corrected chi connectivity index (χ4v) is 1.80. The van der Waals surface area contributed by atoms with E-state index in [1.807, 2.05) is 30.7 Å². The first-order valence-corrected chi connectivity index (χ1v) is 5.32. The van der Waals surface area contributed by atoms with Crippen LogP contribution >= 0.6 is 0 Å². The number of fused-ring (bicyclic) bond motifs is 1. The summed E-state index contributed by atoms with van der Waals surface area (Å²) in [7, 11) is 0. The Morgan fingerprint density at radius 2 is 1.88 bits per heavy atom. The number of nitrogens with zero attached hydrogens (tertiary/aromatic N) is 4. The zero-order valence-corrected chi connectivity index (χ0v) is 9.60. The van der Waals surface area contributed by atoms with Gasteiger partial charge in [0, 0.05) is 11.4 Å². The van der Waals surface area contributed by atoms with Crippen LogP contribution in [0.3, 0.4) is 0 Å². The molecule has 0 aliphatic carbocycles. The van der Waals surface area contributed by atoms with Crippen molar-refractivity contribution < 1.29 is 0 Å². The summed E-state index contributed by atoms with van der Waals surface area (Å²) in [4.78, 5) is 15.4. The number of aromatic nitrogens is 5. The minimum atomic E-state index is 0.657. The molecule has 6 nitrogen and oxygen atoms in total. The summed E-state index contributed by atoms with van der Waals surface area (Å²) >= 11 is 0. The predicted octanol–water partition coefficient (Wildman–Crippen LogP) is 1.65. The van der Waals surface area contributed by atoms with Crippen molar-refractivity contribution in [3.05, 3.63) is 36.2 Å². The van der Waals surface area contributed by atoms with Gasteiger partial charge < -0.3 is 4.98 Å². The first kappa shape index (κ1) is 9.83. The van der Waals surface area contributed by atoms with Gasteiger partial charge in [-0.15, -0.1) is 0 Å². The quantitative estimate of drug-likeness (QED) is 0.699. The maximum Gasteiger partial charge on any atom is 0.182 e. The number of H-pyrrole nitrogens is 1. The lowest BCUT2D eigenvalue weighted by Crippen LogP contribution is -2.13. The number of hydrogen-bond acceptors (Lipinski definition) is 4. The van der Waals surface area contributed by atoms with Gasteiger partial charge in [0.15, 0.2) is 11.5 Å². The second kappa shape index (κ2) is 3.58. The molecule has 0 aliphatic rings. The van der Waals surface area contributed by atoms with E-state index in [9.17, 15) is 0 Å². The van der Waals surface area contributed by atoms with Gasteiger partial charge in [-0.3, -0.25) is 10.1 Å². The summed E-state index contributed by atoms with van der Waals surface area (Å²) in [5.41, 5.74) is 6.95. The molecule has 3 aromatic heterocycles. The topological polar surface area (TPSA) is 71.4 Å². The van der Waals surface area contributed by atoms with E-state index in [-0.39, 0.29) is 0 Å². The van der Waals surface area contributed by atoms with E-state index in [1.54, 1.807) is 6.33 Å². The van der Waals surface area contributed by atoms with E-state index >= 15 is 0 Å². The van der Waals surface area contributed by atoms with E-state index in [0.29, 0.717) is 5.65 Å². The lowest BCUT2D eigenvalue weighted by Gasteiger charge is -2.11. The fraction of sp³-hybridized carbons (Fsp3) is 0.182. The molecule has 0 fully saturated rings. The highest BCUT2D eigenvalue weighted by Gasteiger charge is 2.07. The molecule has 0 bridgehead atoms. The molecule has 2 N–H and O–H groups in total. The number of nitrogens with one attached hydrogen (secondary N) is 2. The van der Waals surface area contributed by atoms with Gasteiger partial charge in [0.25, 0.3) is 0 Å². The number of imidazole rings is 1. The average molecular weight is 228 g/mol. The van der Waals surface area contributed by atoms with Gasteiger partial charge in [-0.25, -0.2) is 15.0 Å². The average Bonchev–Trinajstić information content (AvgIpc) is 2.91. The molecular formula is C11H12N6. The van der Waals surface area contributed by atoms with Crippen LogP contribution < -0.4 is 5.43 Å². The molecule has 17 heavy (non-hydrogen) atoms. The molecule has 0 unspecified atom stereocenters. The Morgan fingerprint density at radius 1 is 1.12 bits per heavy atom. The number of aromatic amines is 1. The lowest BCUT2D eigenvalue weighted by atomic mass is 10.5. The van der Waals surface area contributed by atoms with Crippen molar-refractivity contribution >= 4 is 17.0 Å². The first-order valence-electron chi connectivity index (χ1n) is 5.32. The van der Waals surface area contributed by atoms with Crippen molar-refractivity contribution in [2.45, 2.75) is 13.8 Å². The normalized spacial score (nSPS) is 10.9. The van der Waals surface area contributed by atoms with E-state index in [0.717, 1.165) is 22.7 Å². The second-order valence-electron chi connectivity index (χ2n) is 3.89. The van der Waals surface area contributed by atoms with Crippen LogP contribution in [0, 0.1) is 13.8 Å². The van der Waals surface area contributed by atoms with E-state index in [1.165, 1.54) is 6.33 Å². The molecule has 0 atom stereocenters. The smallest absolute Gasteiger partial charge is 0.182 e. The summed E-state index contributed by atoms with van der Waals surface area (Å²) in [6.45, 7) is 4.07. The van der Waals surface area contributed by atoms with Crippen LogP contribution in [0.4, 0.5) is 5.82 Å². The molecule has 3 rings (SSSR count). The summed E-state index contributed by atoms with van der Waals surface area (Å²) in [5.74, 6) is 0.718. The molecule has 6 heteroatoms. The maximum absolute atomic E-state index is 4.22. The Kier molecular flexibility index (Phi) is 2.07. The third kappa shape index (κ3) is 1.54. The van der Waals surface area contributed by atoms with Gasteiger partial charge in [0.1, 0.15) is 11.8 Å². The highest BCUT2D eigenvalue weighted by molar-refractivity contribution is 5.81. The van der Waals surface area contributed by atoms with Crippen LogP contribution in [-0.4, -0.2) is 24.6 Å². The zero-order valence-electron chi connectivity index (χ0n) is 9.60. The molecule has 86 valence electrons. The van der Waals surface area contributed by atoms with Crippen molar-refractivity contribution in [3.63, 3.8) is 0 Å². The largest absolute Gasteiger partial charge is 0.340 e. The van der Waals surface area contributed by atoms with Gasteiger partial charge in [-0.05, 0) is 26.0 Å². The fourth-order valence-electron chi connectivity index (χ4n) is 1.80. The Bertz CT molecular complexity index is 646. The zero-order chi connectivity index (χ0) is 11.8. The van der Waals surface area contributed by atoms with E-state index in [4.69, 9.17) is 0 Å². The number of rotatable bonds is 2. The van der Waals surface area contributed by atoms with Crippen LogP contribution in [0.2, 0.25) is 0 Å². The van der Waals surface area contributed by atoms with Crippen molar-refractivity contribution in [2.75, 3.05) is 5.43 Å². The molecule has 0 aliphatic heterocycles. The summed E-state index contributed by atoms with van der Waals surface area (Å²) in [6, 6.07) is 4.10. The molecule has 3 heterocycles. The number of anilines is 1.